The lowest BCUT2D eigenvalue weighted by atomic mass is 9.73. The monoisotopic (exact) mass is 373 g/mol. The van der Waals surface area contributed by atoms with E-state index >= 15 is 0 Å². The van der Waals surface area contributed by atoms with Crippen LogP contribution in [-0.2, 0) is 9.59 Å². The maximum Gasteiger partial charge on any atom is 0.167 e. The van der Waals surface area contributed by atoms with Crippen LogP contribution < -0.4 is 4.74 Å². The summed E-state index contributed by atoms with van der Waals surface area (Å²) in [7, 11) is 1.63. The molecule has 0 atom stereocenters. The maximum atomic E-state index is 12.7. The highest BCUT2D eigenvalue weighted by Crippen LogP contribution is 2.39. The van der Waals surface area contributed by atoms with E-state index in [0.29, 0.717) is 18.4 Å². The number of methoxy groups -OCH3 is 1. The number of aromatic amines is 1. The lowest BCUT2D eigenvalue weighted by Crippen LogP contribution is -2.31. The summed E-state index contributed by atoms with van der Waals surface area (Å²) in [5.74, 6) is 0.553. The molecular formula is C24H23NO3. The summed E-state index contributed by atoms with van der Waals surface area (Å²) in [4.78, 5) is 28.9. The normalized spacial score (nSPS) is 16.5. The first-order valence-corrected chi connectivity index (χ1v) is 9.42. The summed E-state index contributed by atoms with van der Waals surface area (Å²) in [6.45, 7) is 3.93. The van der Waals surface area contributed by atoms with Crippen LogP contribution in [-0.4, -0.2) is 23.7 Å². The van der Waals surface area contributed by atoms with Crippen LogP contribution in [0.15, 0.2) is 54.1 Å². The molecule has 4 rings (SSSR count). The standard InChI is InChI=1S/C24H23NO3/c1-24(2)13-19(26)18(20(27)14-24)12-17-16-10-7-11-21(28-3)23(16)25-22(17)15-8-5-4-6-9-15/h4-12,25H,13-14H2,1-3H3. The van der Waals surface area contributed by atoms with Gasteiger partial charge >= 0.3 is 0 Å². The molecule has 28 heavy (non-hydrogen) atoms. The molecule has 1 N–H and O–H groups in total. The molecule has 0 aliphatic heterocycles. The van der Waals surface area contributed by atoms with Gasteiger partial charge in [-0.1, -0.05) is 56.3 Å². The molecule has 1 fully saturated rings. The molecule has 1 heterocycles. The Morgan fingerprint density at radius 2 is 1.64 bits per heavy atom. The first-order valence-electron chi connectivity index (χ1n) is 9.42. The number of nitrogens with one attached hydrogen (secondary N) is 1. The number of H-pyrrole nitrogens is 1. The van der Waals surface area contributed by atoms with Gasteiger partial charge in [-0.2, -0.15) is 0 Å². The first-order chi connectivity index (χ1) is 13.4. The van der Waals surface area contributed by atoms with E-state index in [1.54, 1.807) is 13.2 Å². The Kier molecular flexibility index (Phi) is 4.42. The van der Waals surface area contributed by atoms with Crippen LogP contribution in [0.2, 0.25) is 0 Å². The van der Waals surface area contributed by atoms with Crippen molar-refractivity contribution in [2.45, 2.75) is 26.7 Å². The van der Waals surface area contributed by atoms with E-state index in [9.17, 15) is 9.59 Å². The Bertz CT molecular complexity index is 1080. The summed E-state index contributed by atoms with van der Waals surface area (Å²) in [5.41, 5.74) is 3.57. The molecule has 3 aromatic rings. The predicted molar refractivity (Wildman–Crippen MR) is 111 cm³/mol. The van der Waals surface area contributed by atoms with Gasteiger partial charge in [-0.05, 0) is 23.1 Å². The van der Waals surface area contributed by atoms with Crippen LogP contribution in [0.25, 0.3) is 28.2 Å². The zero-order valence-corrected chi connectivity index (χ0v) is 16.3. The summed E-state index contributed by atoms with van der Waals surface area (Å²) in [6, 6.07) is 15.7. The minimum atomic E-state index is -0.281. The number of aromatic nitrogens is 1. The van der Waals surface area contributed by atoms with Gasteiger partial charge in [0.05, 0.1) is 23.9 Å². The van der Waals surface area contributed by atoms with E-state index in [4.69, 9.17) is 4.74 Å². The average molecular weight is 373 g/mol. The number of benzene rings is 2. The van der Waals surface area contributed by atoms with Crippen LogP contribution in [0.1, 0.15) is 32.3 Å². The number of carbonyl (C=O) groups excluding carboxylic acids is 2. The SMILES string of the molecule is COc1cccc2c(C=C3C(=O)CC(C)(C)CC3=O)c(-c3ccccc3)[nH]c12. The largest absolute Gasteiger partial charge is 0.495 e. The van der Waals surface area contributed by atoms with Gasteiger partial charge in [0.15, 0.2) is 11.6 Å². The van der Waals surface area contributed by atoms with E-state index in [2.05, 4.69) is 4.98 Å². The maximum absolute atomic E-state index is 12.7. The van der Waals surface area contributed by atoms with Gasteiger partial charge in [0.1, 0.15) is 5.75 Å². The lowest BCUT2D eigenvalue weighted by Gasteiger charge is -2.28. The Hall–Kier alpha value is -3.14. The predicted octanol–water partition coefficient (Wildman–Crippen LogP) is 5.19. The van der Waals surface area contributed by atoms with Crippen LogP contribution >= 0.6 is 0 Å². The molecule has 0 bridgehead atoms. The quantitative estimate of drug-likeness (QED) is 0.508. The number of hydrogen-bond acceptors (Lipinski definition) is 3. The second-order valence-electron chi connectivity index (χ2n) is 8.08. The van der Waals surface area contributed by atoms with Crippen molar-refractivity contribution in [1.29, 1.82) is 0 Å². The Morgan fingerprint density at radius 1 is 0.964 bits per heavy atom. The topological polar surface area (TPSA) is 59.2 Å². The number of ether oxygens (including phenoxy) is 1. The number of rotatable bonds is 3. The molecular weight excluding hydrogens is 350 g/mol. The molecule has 1 aliphatic rings. The highest BCUT2D eigenvalue weighted by Gasteiger charge is 2.35. The first kappa shape index (κ1) is 18.2. The van der Waals surface area contributed by atoms with E-state index in [1.165, 1.54) is 0 Å². The summed E-state index contributed by atoms with van der Waals surface area (Å²) in [6.07, 6.45) is 2.54. The molecule has 0 unspecified atom stereocenters. The van der Waals surface area contributed by atoms with Crippen LogP contribution in [0.5, 0.6) is 5.75 Å². The van der Waals surface area contributed by atoms with E-state index in [0.717, 1.165) is 33.5 Å². The molecule has 0 spiro atoms. The van der Waals surface area contributed by atoms with E-state index in [-0.39, 0.29) is 17.0 Å². The van der Waals surface area contributed by atoms with Gasteiger partial charge in [0.2, 0.25) is 0 Å². The number of Topliss-reactive ketones (excluding diaryl/α,β-unsaturated/α-hetero) is 2. The third-order valence-electron chi connectivity index (χ3n) is 5.29. The number of allylic oxidation sites excluding steroid dienone is 1. The average Bonchev–Trinajstić information content (AvgIpc) is 3.03. The minimum Gasteiger partial charge on any atom is -0.495 e. The molecule has 1 aliphatic carbocycles. The molecule has 0 amide bonds. The Labute approximate surface area is 164 Å². The van der Waals surface area contributed by atoms with Crippen LogP contribution in [0, 0.1) is 5.41 Å². The third-order valence-corrected chi connectivity index (χ3v) is 5.29. The fourth-order valence-electron chi connectivity index (χ4n) is 3.95. The van der Waals surface area contributed by atoms with Gasteiger partial charge in [-0.25, -0.2) is 0 Å². The van der Waals surface area contributed by atoms with E-state index < -0.39 is 0 Å². The molecule has 0 radical (unpaired) electrons. The molecule has 1 aromatic heterocycles. The zero-order valence-electron chi connectivity index (χ0n) is 16.3. The fourth-order valence-corrected chi connectivity index (χ4v) is 3.95. The molecule has 4 heteroatoms. The minimum absolute atomic E-state index is 0.0856. The molecule has 2 aromatic carbocycles. The van der Waals surface area contributed by atoms with Crippen molar-refractivity contribution in [2.75, 3.05) is 7.11 Å². The van der Waals surface area contributed by atoms with Gasteiger partial charge < -0.3 is 9.72 Å². The number of para-hydroxylation sites is 1. The van der Waals surface area contributed by atoms with Crippen molar-refractivity contribution in [3.63, 3.8) is 0 Å². The van der Waals surface area contributed by atoms with Crippen molar-refractivity contribution in [2.24, 2.45) is 5.41 Å². The molecule has 0 saturated heterocycles. The van der Waals surface area contributed by atoms with E-state index in [1.807, 2.05) is 62.4 Å². The smallest absolute Gasteiger partial charge is 0.167 e. The zero-order chi connectivity index (χ0) is 19.9. The Morgan fingerprint density at radius 3 is 2.29 bits per heavy atom. The second-order valence-corrected chi connectivity index (χ2v) is 8.08. The fraction of sp³-hybridized carbons (Fsp3) is 0.250. The number of fused-ring (bicyclic) bond motifs is 1. The molecule has 142 valence electrons. The highest BCUT2D eigenvalue weighted by molar-refractivity contribution is 6.26. The van der Waals surface area contributed by atoms with Gasteiger partial charge in [0.25, 0.3) is 0 Å². The number of hydrogen-bond donors (Lipinski definition) is 1. The van der Waals surface area contributed by atoms with Gasteiger partial charge in [-0.15, -0.1) is 0 Å². The van der Waals surface area contributed by atoms with Crippen LogP contribution in [0.3, 0.4) is 0 Å². The second kappa shape index (κ2) is 6.79. The number of ketones is 2. The lowest BCUT2D eigenvalue weighted by molar-refractivity contribution is -0.127. The van der Waals surface area contributed by atoms with Crippen molar-refractivity contribution in [3.8, 4) is 17.0 Å². The summed E-state index contributed by atoms with van der Waals surface area (Å²) < 4.78 is 5.51. The third kappa shape index (κ3) is 3.15. The summed E-state index contributed by atoms with van der Waals surface area (Å²) >= 11 is 0. The van der Waals surface area contributed by atoms with Crippen LogP contribution in [0.4, 0.5) is 0 Å². The van der Waals surface area contributed by atoms with Gasteiger partial charge in [-0.3, -0.25) is 9.59 Å². The van der Waals surface area contributed by atoms with Gasteiger partial charge in [0, 0.05) is 23.8 Å². The highest BCUT2D eigenvalue weighted by atomic mass is 16.5. The molecule has 1 saturated carbocycles. The van der Waals surface area contributed by atoms with Crippen molar-refractivity contribution in [1.82, 2.24) is 4.98 Å². The van der Waals surface area contributed by atoms with Crippen molar-refractivity contribution >= 4 is 28.5 Å². The van der Waals surface area contributed by atoms with Crippen molar-refractivity contribution in [3.05, 3.63) is 59.7 Å². The Balaban J connectivity index is 1.95. The summed E-state index contributed by atoms with van der Waals surface area (Å²) in [5, 5.41) is 0.927. The number of carbonyl (C=O) groups is 2. The molecule has 4 nitrogen and oxygen atoms in total. The van der Waals surface area contributed by atoms with Crippen molar-refractivity contribution < 1.29 is 14.3 Å².